The van der Waals surface area contributed by atoms with Gasteiger partial charge in [0.2, 0.25) is 0 Å². The number of rotatable bonds is 3. The largest absolute Gasteiger partial charge is 0.511 e. The number of carbonyl (C=O) groups excluding carboxylic acids is 1. The van der Waals surface area contributed by atoms with Gasteiger partial charge in [-0.25, -0.2) is 0 Å². The van der Waals surface area contributed by atoms with Crippen LogP contribution in [0.15, 0.2) is 48.5 Å². The van der Waals surface area contributed by atoms with E-state index in [9.17, 15) is 17.7 Å². The van der Waals surface area contributed by atoms with Crippen molar-refractivity contribution in [1.29, 1.82) is 0 Å². The average Bonchev–Trinajstić information content (AvgIpc) is 2.45. The lowest BCUT2D eigenvalue weighted by atomic mass is 9.79. The van der Waals surface area contributed by atoms with Crippen LogP contribution in [0.25, 0.3) is 0 Å². The van der Waals surface area contributed by atoms with Crippen LogP contribution in [0.4, 0.5) is 18.6 Å². The van der Waals surface area contributed by atoms with Gasteiger partial charge in [0, 0.05) is 23.3 Å². The zero-order valence-electron chi connectivity index (χ0n) is 11.1. The van der Waals surface area contributed by atoms with Crippen molar-refractivity contribution in [2.75, 3.05) is 11.9 Å². The van der Waals surface area contributed by atoms with E-state index in [0.29, 0.717) is 5.69 Å². The topological polar surface area (TPSA) is 20.3 Å². The minimum Gasteiger partial charge on any atom is -0.445 e. The highest BCUT2D eigenvalue weighted by atomic mass is 35.5. The van der Waals surface area contributed by atoms with E-state index in [1.54, 1.807) is 37.4 Å². The summed E-state index contributed by atoms with van der Waals surface area (Å²) in [6.07, 6.45) is 0. The molecule has 0 saturated carbocycles. The van der Waals surface area contributed by atoms with Crippen LogP contribution in [0.1, 0.15) is 10.4 Å². The van der Waals surface area contributed by atoms with E-state index in [0.717, 1.165) is 18.2 Å². The summed E-state index contributed by atoms with van der Waals surface area (Å²) in [5.41, 5.74) is -0.145. The summed E-state index contributed by atoms with van der Waals surface area (Å²) in [6, 6.07) is 11.8. The lowest BCUT2D eigenvalue weighted by Gasteiger charge is -2.20. The monoisotopic (exact) mass is 312 g/mol. The molecule has 0 radical (unpaired) electrons. The normalized spacial score (nSPS) is 11.3. The molecule has 0 aromatic heterocycles. The molecule has 2 aromatic rings. The first kappa shape index (κ1) is 15.4. The highest BCUT2D eigenvalue weighted by molar-refractivity contribution is 6.76. The second-order valence-electron chi connectivity index (χ2n) is 4.51. The van der Waals surface area contributed by atoms with E-state index in [-0.39, 0.29) is 5.56 Å². The molecular weight excluding hydrogens is 301 g/mol. The second kappa shape index (κ2) is 5.81. The number of benzene rings is 2. The molecule has 0 heterocycles. The Labute approximate surface area is 125 Å². The first-order chi connectivity index (χ1) is 9.80. The smallest absolute Gasteiger partial charge is 0.445 e. The van der Waals surface area contributed by atoms with Crippen LogP contribution in [0.2, 0.25) is 5.02 Å². The van der Waals surface area contributed by atoms with Crippen molar-refractivity contribution in [3.63, 3.8) is 0 Å². The predicted molar refractivity (Wildman–Crippen MR) is 79.3 cm³/mol. The SMILES string of the molecule is CN(C(=O)c1ccc([B-](F)(F)F)c(Cl)c1)c1ccccc1. The van der Waals surface area contributed by atoms with Gasteiger partial charge in [-0.3, -0.25) is 4.79 Å². The van der Waals surface area contributed by atoms with Gasteiger partial charge in [0.25, 0.3) is 5.91 Å². The van der Waals surface area contributed by atoms with Gasteiger partial charge in [-0.1, -0.05) is 47.4 Å². The highest BCUT2D eigenvalue weighted by Crippen LogP contribution is 2.20. The summed E-state index contributed by atoms with van der Waals surface area (Å²) in [5, 5.41) is -0.463. The second-order valence-corrected chi connectivity index (χ2v) is 4.92. The van der Waals surface area contributed by atoms with Crippen molar-refractivity contribution < 1.29 is 17.7 Å². The number of halogens is 4. The molecule has 0 aliphatic rings. The quantitative estimate of drug-likeness (QED) is 0.792. The summed E-state index contributed by atoms with van der Waals surface area (Å²) >= 11 is 5.63. The van der Waals surface area contributed by atoms with Gasteiger partial charge in [0.05, 0.1) is 0 Å². The number of nitrogens with zero attached hydrogens (tertiary/aromatic N) is 1. The Bertz CT molecular complexity index is 661. The van der Waals surface area contributed by atoms with Gasteiger partial charge in [-0.15, -0.1) is 0 Å². The van der Waals surface area contributed by atoms with Crippen LogP contribution in [0, 0.1) is 0 Å². The number of hydrogen-bond donors (Lipinski definition) is 0. The molecule has 2 rings (SSSR count). The van der Waals surface area contributed by atoms with Crippen molar-refractivity contribution in [2.24, 2.45) is 0 Å². The Morgan fingerprint density at radius 1 is 1.10 bits per heavy atom. The summed E-state index contributed by atoms with van der Waals surface area (Å²) < 4.78 is 38.1. The van der Waals surface area contributed by atoms with Gasteiger partial charge in [-0.2, -0.15) is 0 Å². The third-order valence-electron chi connectivity index (χ3n) is 3.05. The van der Waals surface area contributed by atoms with E-state index in [1.165, 1.54) is 4.90 Å². The van der Waals surface area contributed by atoms with Crippen LogP contribution >= 0.6 is 11.6 Å². The maximum absolute atomic E-state index is 12.7. The summed E-state index contributed by atoms with van der Waals surface area (Å²) in [4.78, 5) is 13.6. The fourth-order valence-corrected chi connectivity index (χ4v) is 2.19. The maximum Gasteiger partial charge on any atom is 0.511 e. The maximum atomic E-state index is 12.7. The minimum atomic E-state index is -5.19. The van der Waals surface area contributed by atoms with Crippen LogP contribution < -0.4 is 10.4 Å². The fourth-order valence-electron chi connectivity index (χ4n) is 1.89. The summed E-state index contributed by atoms with van der Waals surface area (Å²) in [6.45, 7) is -5.19. The van der Waals surface area contributed by atoms with Gasteiger partial charge in [0.1, 0.15) is 0 Å². The zero-order chi connectivity index (χ0) is 15.6. The Hall–Kier alpha value is -1.95. The minimum absolute atomic E-state index is 0.107. The van der Waals surface area contributed by atoms with Gasteiger partial charge >= 0.3 is 6.98 Å². The molecule has 21 heavy (non-hydrogen) atoms. The van der Waals surface area contributed by atoms with Crippen LogP contribution in [0.3, 0.4) is 0 Å². The molecule has 0 aliphatic heterocycles. The number of anilines is 1. The van der Waals surface area contributed by atoms with Gasteiger partial charge in [-0.05, 0) is 18.2 Å². The molecule has 0 fully saturated rings. The number of hydrogen-bond acceptors (Lipinski definition) is 1. The molecule has 1 amide bonds. The third-order valence-corrected chi connectivity index (χ3v) is 3.38. The Kier molecular flexibility index (Phi) is 4.28. The van der Waals surface area contributed by atoms with Crippen molar-refractivity contribution in [3.8, 4) is 0 Å². The number of amides is 1. The first-order valence-corrected chi connectivity index (χ1v) is 6.51. The molecular formula is C14H11BClF3NO-. The van der Waals surface area contributed by atoms with E-state index in [1.807, 2.05) is 0 Å². The zero-order valence-corrected chi connectivity index (χ0v) is 11.8. The van der Waals surface area contributed by atoms with Crippen LogP contribution in [-0.2, 0) is 0 Å². The van der Waals surface area contributed by atoms with Crippen LogP contribution in [-0.4, -0.2) is 19.9 Å². The average molecular weight is 313 g/mol. The molecule has 0 spiro atoms. The fraction of sp³-hybridized carbons (Fsp3) is 0.0714. The first-order valence-electron chi connectivity index (χ1n) is 6.13. The lowest BCUT2D eigenvalue weighted by Crippen LogP contribution is -2.35. The molecule has 0 atom stereocenters. The molecule has 2 nitrogen and oxygen atoms in total. The van der Waals surface area contributed by atoms with E-state index in [2.05, 4.69) is 0 Å². The Morgan fingerprint density at radius 3 is 2.24 bits per heavy atom. The molecule has 110 valence electrons. The number of carbonyl (C=O) groups is 1. The van der Waals surface area contributed by atoms with Crippen molar-refractivity contribution >= 4 is 35.6 Å². The van der Waals surface area contributed by atoms with E-state index in [4.69, 9.17) is 11.6 Å². The Morgan fingerprint density at radius 2 is 1.71 bits per heavy atom. The molecule has 0 N–H and O–H groups in total. The molecule has 0 aliphatic carbocycles. The number of para-hydroxylation sites is 1. The molecule has 0 saturated heterocycles. The van der Waals surface area contributed by atoms with E-state index < -0.39 is 23.4 Å². The summed E-state index contributed by atoms with van der Waals surface area (Å²) in [7, 11) is 1.55. The lowest BCUT2D eigenvalue weighted by molar-refractivity contribution is 0.0993. The van der Waals surface area contributed by atoms with E-state index >= 15 is 0 Å². The highest BCUT2D eigenvalue weighted by Gasteiger charge is 2.28. The molecule has 7 heteroatoms. The van der Waals surface area contributed by atoms with Crippen molar-refractivity contribution in [2.45, 2.75) is 0 Å². The van der Waals surface area contributed by atoms with Crippen LogP contribution in [0.5, 0.6) is 0 Å². The summed E-state index contributed by atoms with van der Waals surface area (Å²) in [5.74, 6) is -0.427. The van der Waals surface area contributed by atoms with Gasteiger partial charge < -0.3 is 17.8 Å². The van der Waals surface area contributed by atoms with Crippen molar-refractivity contribution in [1.82, 2.24) is 0 Å². The standard InChI is InChI=1S/C14H11BClF3NO/c1-20(11-5-3-2-4-6-11)14(21)10-7-8-12(13(16)9-10)15(17,18)19/h2-9H,1H3/q-1. The van der Waals surface area contributed by atoms with Gasteiger partial charge in [0.15, 0.2) is 0 Å². The molecule has 0 unspecified atom stereocenters. The van der Waals surface area contributed by atoms with Crippen molar-refractivity contribution in [3.05, 3.63) is 59.1 Å². The third kappa shape index (κ3) is 3.39. The predicted octanol–water partition coefficient (Wildman–Crippen LogP) is 3.67. The molecule has 0 bridgehead atoms. The molecule has 2 aromatic carbocycles. The Balaban J connectivity index is 2.31.